The molecular weight excluding hydrogens is 250 g/mol. The van der Waals surface area contributed by atoms with Crippen molar-refractivity contribution in [2.75, 3.05) is 0 Å². The fourth-order valence-corrected chi connectivity index (χ4v) is 1.59. The van der Waals surface area contributed by atoms with E-state index in [4.69, 9.17) is 4.74 Å². The Bertz CT molecular complexity index is 517. The van der Waals surface area contributed by atoms with Crippen LogP contribution in [0.1, 0.15) is 12.5 Å². The number of hydrogen-bond donors (Lipinski definition) is 3. The van der Waals surface area contributed by atoms with Gasteiger partial charge in [-0.3, -0.25) is 15.4 Å². The lowest BCUT2D eigenvalue weighted by atomic mass is 10.2. The second kappa shape index (κ2) is 4.97. The molecule has 1 unspecified atom stereocenters. The van der Waals surface area contributed by atoms with Crippen LogP contribution in [0.2, 0.25) is 0 Å². The molecule has 0 spiro atoms. The standard InChI is InChI=1S/C12H13N3O4/c1-12(9(16)13-10(17)14-12)15-11(18)19-7-8-5-3-2-4-6-8/h2-6H,7H2,1H3,(H,15,18)(H2,13,14,16,17). The maximum atomic E-state index is 11.6. The molecule has 1 aromatic rings. The van der Waals surface area contributed by atoms with Gasteiger partial charge in [-0.2, -0.15) is 0 Å². The van der Waals surface area contributed by atoms with E-state index in [0.717, 1.165) is 5.56 Å². The van der Waals surface area contributed by atoms with Gasteiger partial charge in [0.25, 0.3) is 5.91 Å². The van der Waals surface area contributed by atoms with E-state index < -0.39 is 23.7 Å². The molecule has 3 N–H and O–H groups in total. The van der Waals surface area contributed by atoms with Gasteiger partial charge in [-0.1, -0.05) is 30.3 Å². The lowest BCUT2D eigenvalue weighted by Gasteiger charge is -2.21. The number of carbonyl (C=O) groups is 3. The SMILES string of the molecule is CC1(NC(=O)OCc2ccccc2)NC(=O)NC1=O. The van der Waals surface area contributed by atoms with Gasteiger partial charge in [-0.25, -0.2) is 9.59 Å². The van der Waals surface area contributed by atoms with Gasteiger partial charge in [0, 0.05) is 0 Å². The van der Waals surface area contributed by atoms with Gasteiger partial charge in [-0.15, -0.1) is 0 Å². The monoisotopic (exact) mass is 263 g/mol. The predicted octanol–water partition coefficient (Wildman–Crippen LogP) is 0.468. The average Bonchev–Trinajstić information content (AvgIpc) is 2.61. The second-order valence-electron chi connectivity index (χ2n) is 4.22. The molecule has 1 aromatic carbocycles. The Hall–Kier alpha value is -2.57. The first-order valence-electron chi connectivity index (χ1n) is 5.62. The van der Waals surface area contributed by atoms with Crippen LogP contribution < -0.4 is 16.0 Å². The van der Waals surface area contributed by atoms with Gasteiger partial charge in [0.15, 0.2) is 5.66 Å². The summed E-state index contributed by atoms with van der Waals surface area (Å²) in [5.41, 5.74) is -0.659. The summed E-state index contributed by atoms with van der Waals surface area (Å²) in [5, 5.41) is 6.63. The normalized spacial score (nSPS) is 21.5. The molecule has 7 nitrogen and oxygen atoms in total. The summed E-state index contributed by atoms with van der Waals surface area (Å²) < 4.78 is 4.96. The summed E-state index contributed by atoms with van der Waals surface area (Å²) in [4.78, 5) is 34.0. The molecule has 0 radical (unpaired) electrons. The van der Waals surface area contributed by atoms with Crippen molar-refractivity contribution in [3.63, 3.8) is 0 Å². The van der Waals surface area contributed by atoms with E-state index in [1.54, 1.807) is 12.1 Å². The first-order valence-corrected chi connectivity index (χ1v) is 5.62. The third-order valence-corrected chi connectivity index (χ3v) is 2.61. The largest absolute Gasteiger partial charge is 0.445 e. The highest BCUT2D eigenvalue weighted by atomic mass is 16.5. The lowest BCUT2D eigenvalue weighted by molar-refractivity contribution is -0.124. The van der Waals surface area contributed by atoms with Gasteiger partial charge in [0.1, 0.15) is 6.61 Å². The number of benzene rings is 1. The van der Waals surface area contributed by atoms with Crippen LogP contribution in [-0.2, 0) is 16.1 Å². The molecule has 1 atom stereocenters. The number of imide groups is 1. The van der Waals surface area contributed by atoms with Crippen molar-refractivity contribution in [1.29, 1.82) is 0 Å². The maximum Gasteiger partial charge on any atom is 0.409 e. The Balaban J connectivity index is 1.88. The Kier molecular flexibility index (Phi) is 3.37. The highest BCUT2D eigenvalue weighted by Gasteiger charge is 2.43. The van der Waals surface area contributed by atoms with E-state index in [1.807, 2.05) is 23.5 Å². The highest BCUT2D eigenvalue weighted by Crippen LogP contribution is 2.07. The molecule has 1 aliphatic heterocycles. The molecule has 0 saturated carbocycles. The summed E-state index contributed by atoms with van der Waals surface area (Å²) in [6.45, 7) is 1.45. The third-order valence-electron chi connectivity index (χ3n) is 2.61. The van der Waals surface area contributed by atoms with Gasteiger partial charge < -0.3 is 10.1 Å². The molecule has 0 aliphatic carbocycles. The van der Waals surface area contributed by atoms with Gasteiger partial charge in [0.05, 0.1) is 0 Å². The van der Waals surface area contributed by atoms with Crippen molar-refractivity contribution in [1.82, 2.24) is 16.0 Å². The van der Waals surface area contributed by atoms with Gasteiger partial charge in [0.2, 0.25) is 0 Å². The number of rotatable bonds is 3. The Morgan fingerprint density at radius 1 is 1.32 bits per heavy atom. The molecule has 2 rings (SSSR count). The summed E-state index contributed by atoms with van der Waals surface area (Å²) in [6, 6.07) is 8.45. The minimum Gasteiger partial charge on any atom is -0.445 e. The summed E-state index contributed by atoms with van der Waals surface area (Å²) in [5.74, 6) is -0.630. The molecule has 1 aliphatic rings. The maximum absolute atomic E-state index is 11.6. The minimum absolute atomic E-state index is 0.0817. The van der Waals surface area contributed by atoms with Crippen LogP contribution in [0.15, 0.2) is 30.3 Å². The molecule has 7 heteroatoms. The molecule has 19 heavy (non-hydrogen) atoms. The minimum atomic E-state index is -1.48. The molecule has 0 aromatic heterocycles. The number of nitrogens with one attached hydrogen (secondary N) is 3. The molecular formula is C12H13N3O4. The first-order chi connectivity index (χ1) is 8.99. The number of carbonyl (C=O) groups excluding carboxylic acids is 3. The first kappa shape index (κ1) is 12.9. The van der Waals surface area contributed by atoms with Crippen LogP contribution in [0, 0.1) is 0 Å². The van der Waals surface area contributed by atoms with Crippen molar-refractivity contribution < 1.29 is 19.1 Å². The fourth-order valence-electron chi connectivity index (χ4n) is 1.59. The van der Waals surface area contributed by atoms with Crippen LogP contribution in [0.3, 0.4) is 0 Å². The Morgan fingerprint density at radius 3 is 2.58 bits per heavy atom. The molecule has 100 valence electrons. The van der Waals surface area contributed by atoms with Crippen LogP contribution in [0.25, 0.3) is 0 Å². The van der Waals surface area contributed by atoms with Crippen molar-refractivity contribution in [2.24, 2.45) is 0 Å². The number of ether oxygens (including phenoxy) is 1. The van der Waals surface area contributed by atoms with E-state index in [1.165, 1.54) is 6.92 Å². The third kappa shape index (κ3) is 3.01. The number of urea groups is 1. The quantitative estimate of drug-likeness (QED) is 0.690. The zero-order valence-corrected chi connectivity index (χ0v) is 10.2. The van der Waals surface area contributed by atoms with E-state index in [2.05, 4.69) is 10.6 Å². The molecule has 1 heterocycles. The Morgan fingerprint density at radius 2 is 2.00 bits per heavy atom. The summed E-state index contributed by atoms with van der Waals surface area (Å²) in [7, 11) is 0. The van der Waals surface area contributed by atoms with Crippen molar-refractivity contribution in [3.8, 4) is 0 Å². The van der Waals surface area contributed by atoms with Gasteiger partial charge in [-0.05, 0) is 12.5 Å². The number of alkyl carbamates (subject to hydrolysis) is 1. The van der Waals surface area contributed by atoms with Crippen molar-refractivity contribution >= 4 is 18.0 Å². The van der Waals surface area contributed by atoms with Gasteiger partial charge >= 0.3 is 12.1 Å². The van der Waals surface area contributed by atoms with Crippen molar-refractivity contribution in [2.45, 2.75) is 19.2 Å². The number of hydrogen-bond acceptors (Lipinski definition) is 4. The van der Waals surface area contributed by atoms with Crippen LogP contribution in [0.5, 0.6) is 0 Å². The van der Waals surface area contributed by atoms with E-state index in [-0.39, 0.29) is 6.61 Å². The molecule has 4 amide bonds. The molecule has 1 saturated heterocycles. The van der Waals surface area contributed by atoms with E-state index >= 15 is 0 Å². The molecule has 1 fully saturated rings. The second-order valence-corrected chi connectivity index (χ2v) is 4.22. The number of amides is 4. The van der Waals surface area contributed by atoms with E-state index in [9.17, 15) is 14.4 Å². The smallest absolute Gasteiger partial charge is 0.409 e. The summed E-state index contributed by atoms with van der Waals surface area (Å²) in [6.07, 6.45) is -0.788. The zero-order chi connectivity index (χ0) is 13.9. The Labute approximate surface area is 109 Å². The van der Waals surface area contributed by atoms with Crippen LogP contribution in [0.4, 0.5) is 9.59 Å². The van der Waals surface area contributed by atoms with Crippen molar-refractivity contribution in [3.05, 3.63) is 35.9 Å². The highest BCUT2D eigenvalue weighted by molar-refractivity contribution is 6.07. The topological polar surface area (TPSA) is 96.5 Å². The van der Waals surface area contributed by atoms with Crippen LogP contribution >= 0.6 is 0 Å². The van der Waals surface area contributed by atoms with Crippen LogP contribution in [-0.4, -0.2) is 23.7 Å². The lowest BCUT2D eigenvalue weighted by Crippen LogP contribution is -2.58. The summed E-state index contributed by atoms with van der Waals surface area (Å²) >= 11 is 0. The predicted molar refractivity (Wildman–Crippen MR) is 64.8 cm³/mol. The zero-order valence-electron chi connectivity index (χ0n) is 10.2. The molecule has 0 bridgehead atoms. The fraction of sp³-hybridized carbons (Fsp3) is 0.250. The van der Waals surface area contributed by atoms with E-state index in [0.29, 0.717) is 0 Å². The average molecular weight is 263 g/mol.